The molecule has 1 aliphatic heterocycles. The largest absolute Gasteiger partial charge is 0.490 e. The van der Waals surface area contributed by atoms with Gasteiger partial charge < -0.3 is 19.5 Å². The van der Waals surface area contributed by atoms with E-state index in [1.165, 1.54) is 12.0 Å². The highest BCUT2D eigenvalue weighted by molar-refractivity contribution is 9.10. The maximum Gasteiger partial charge on any atom is 0.175 e. The number of rotatable bonds is 6. The molecule has 0 aromatic heterocycles. The smallest absolute Gasteiger partial charge is 0.175 e. The second-order valence-electron chi connectivity index (χ2n) is 5.68. The standard InChI is InChI=1S/C16H22BrNO3/c1-19-6-3-18-10-12-7-13(12)11-8-14(17)16-15(9-11)20-4-2-5-21-16/h8-9,12-13,18H,2-7,10H2,1H3. The normalized spacial score (nSPS) is 23.7. The summed E-state index contributed by atoms with van der Waals surface area (Å²) in [6, 6.07) is 4.35. The summed E-state index contributed by atoms with van der Waals surface area (Å²) in [6.45, 7) is 4.20. The predicted octanol–water partition coefficient (Wildman–Crippen LogP) is 2.95. The zero-order valence-electron chi connectivity index (χ0n) is 12.4. The molecule has 0 amide bonds. The molecule has 0 saturated heterocycles. The van der Waals surface area contributed by atoms with E-state index < -0.39 is 0 Å². The average Bonchev–Trinajstić information content (AvgIpc) is 3.26. The van der Waals surface area contributed by atoms with Crippen LogP contribution in [0.4, 0.5) is 0 Å². The van der Waals surface area contributed by atoms with Gasteiger partial charge in [-0.05, 0) is 58.4 Å². The molecule has 0 bridgehead atoms. The van der Waals surface area contributed by atoms with Crippen LogP contribution in [0.1, 0.15) is 24.3 Å². The highest BCUT2D eigenvalue weighted by Crippen LogP contribution is 2.50. The van der Waals surface area contributed by atoms with E-state index in [1.807, 2.05) is 0 Å². The molecule has 2 atom stereocenters. The van der Waals surface area contributed by atoms with Crippen molar-refractivity contribution in [2.45, 2.75) is 18.8 Å². The highest BCUT2D eigenvalue weighted by Gasteiger charge is 2.38. The number of nitrogens with one attached hydrogen (secondary N) is 1. The first-order valence-electron chi connectivity index (χ1n) is 7.58. The Morgan fingerprint density at radius 3 is 3.05 bits per heavy atom. The van der Waals surface area contributed by atoms with E-state index in [0.717, 1.165) is 61.2 Å². The lowest BCUT2D eigenvalue weighted by molar-refractivity contribution is 0.199. The molecule has 1 aromatic rings. The van der Waals surface area contributed by atoms with Gasteiger partial charge in [0.15, 0.2) is 11.5 Å². The fraction of sp³-hybridized carbons (Fsp3) is 0.625. The van der Waals surface area contributed by atoms with Crippen molar-refractivity contribution in [2.75, 3.05) is 40.0 Å². The molecule has 21 heavy (non-hydrogen) atoms. The quantitative estimate of drug-likeness (QED) is 0.796. The van der Waals surface area contributed by atoms with Crippen molar-refractivity contribution in [3.63, 3.8) is 0 Å². The van der Waals surface area contributed by atoms with Crippen LogP contribution in [0.15, 0.2) is 16.6 Å². The van der Waals surface area contributed by atoms with Crippen LogP contribution in [0.25, 0.3) is 0 Å². The van der Waals surface area contributed by atoms with Gasteiger partial charge in [-0.3, -0.25) is 0 Å². The van der Waals surface area contributed by atoms with E-state index in [1.54, 1.807) is 7.11 Å². The lowest BCUT2D eigenvalue weighted by Gasteiger charge is -2.12. The summed E-state index contributed by atoms with van der Waals surface area (Å²) >= 11 is 3.62. The van der Waals surface area contributed by atoms with Gasteiger partial charge >= 0.3 is 0 Å². The number of hydrogen-bond acceptors (Lipinski definition) is 4. The van der Waals surface area contributed by atoms with E-state index in [4.69, 9.17) is 14.2 Å². The van der Waals surface area contributed by atoms with E-state index in [9.17, 15) is 0 Å². The second-order valence-corrected chi connectivity index (χ2v) is 6.53. The van der Waals surface area contributed by atoms with Gasteiger partial charge in [0.05, 0.1) is 24.3 Å². The Morgan fingerprint density at radius 2 is 2.19 bits per heavy atom. The molecule has 2 unspecified atom stereocenters. The summed E-state index contributed by atoms with van der Waals surface area (Å²) in [5.74, 6) is 3.09. The number of hydrogen-bond donors (Lipinski definition) is 1. The first-order valence-corrected chi connectivity index (χ1v) is 8.37. The second kappa shape index (κ2) is 6.99. The van der Waals surface area contributed by atoms with Crippen LogP contribution >= 0.6 is 15.9 Å². The molecule has 1 heterocycles. The van der Waals surface area contributed by atoms with Gasteiger partial charge in [0.2, 0.25) is 0 Å². The van der Waals surface area contributed by atoms with Gasteiger partial charge in [0, 0.05) is 20.1 Å². The van der Waals surface area contributed by atoms with Gasteiger partial charge in [0.25, 0.3) is 0 Å². The minimum absolute atomic E-state index is 0.633. The van der Waals surface area contributed by atoms with Crippen molar-refractivity contribution in [3.8, 4) is 11.5 Å². The SMILES string of the molecule is COCCNCC1CC1c1cc(Br)c2c(c1)OCCCO2. The van der Waals surface area contributed by atoms with Crippen LogP contribution in [0.2, 0.25) is 0 Å². The lowest BCUT2D eigenvalue weighted by Crippen LogP contribution is -2.21. The van der Waals surface area contributed by atoms with E-state index in [2.05, 4.69) is 33.4 Å². The van der Waals surface area contributed by atoms with Crippen molar-refractivity contribution in [1.82, 2.24) is 5.32 Å². The summed E-state index contributed by atoms with van der Waals surface area (Å²) in [4.78, 5) is 0. The fourth-order valence-corrected chi connectivity index (χ4v) is 3.38. The Labute approximate surface area is 134 Å². The summed E-state index contributed by atoms with van der Waals surface area (Å²) in [5, 5.41) is 3.44. The summed E-state index contributed by atoms with van der Waals surface area (Å²) < 4.78 is 17.6. The Kier molecular flexibility index (Phi) is 5.03. The van der Waals surface area contributed by atoms with Crippen molar-refractivity contribution < 1.29 is 14.2 Å². The molecule has 1 aliphatic carbocycles. The monoisotopic (exact) mass is 355 g/mol. The first kappa shape index (κ1) is 15.1. The molecule has 5 heteroatoms. The van der Waals surface area contributed by atoms with Gasteiger partial charge in [-0.1, -0.05) is 0 Å². The van der Waals surface area contributed by atoms with Crippen molar-refractivity contribution >= 4 is 15.9 Å². The molecular weight excluding hydrogens is 334 g/mol. The third kappa shape index (κ3) is 3.71. The first-order chi connectivity index (χ1) is 10.3. The molecule has 1 aromatic carbocycles. The third-order valence-corrected chi connectivity index (χ3v) is 4.65. The Balaban J connectivity index is 1.62. The minimum atomic E-state index is 0.633. The molecule has 2 aliphatic rings. The van der Waals surface area contributed by atoms with Gasteiger partial charge in [0.1, 0.15) is 0 Å². The molecule has 0 spiro atoms. The Bertz CT molecular complexity index is 495. The lowest BCUT2D eigenvalue weighted by atomic mass is 10.1. The van der Waals surface area contributed by atoms with Gasteiger partial charge in [-0.15, -0.1) is 0 Å². The zero-order chi connectivity index (χ0) is 14.7. The van der Waals surface area contributed by atoms with Crippen molar-refractivity contribution in [3.05, 3.63) is 22.2 Å². The molecule has 0 radical (unpaired) electrons. The van der Waals surface area contributed by atoms with Crippen LogP contribution in [0, 0.1) is 5.92 Å². The maximum absolute atomic E-state index is 5.81. The fourth-order valence-electron chi connectivity index (χ4n) is 2.81. The van der Waals surface area contributed by atoms with E-state index in [-0.39, 0.29) is 0 Å². The topological polar surface area (TPSA) is 39.7 Å². The molecule has 3 rings (SSSR count). The van der Waals surface area contributed by atoms with Crippen molar-refractivity contribution in [1.29, 1.82) is 0 Å². The number of fused-ring (bicyclic) bond motifs is 1. The summed E-state index contributed by atoms with van der Waals surface area (Å²) in [6.07, 6.45) is 2.18. The van der Waals surface area contributed by atoms with E-state index >= 15 is 0 Å². The van der Waals surface area contributed by atoms with Gasteiger partial charge in [-0.2, -0.15) is 0 Å². The average molecular weight is 356 g/mol. The molecule has 1 saturated carbocycles. The van der Waals surface area contributed by atoms with Crippen LogP contribution in [-0.2, 0) is 4.74 Å². The van der Waals surface area contributed by atoms with Crippen LogP contribution in [-0.4, -0.2) is 40.0 Å². The molecule has 4 nitrogen and oxygen atoms in total. The Hall–Kier alpha value is -0.780. The number of halogens is 1. The number of benzene rings is 1. The Morgan fingerprint density at radius 1 is 1.33 bits per heavy atom. The van der Waals surface area contributed by atoms with Crippen molar-refractivity contribution in [2.24, 2.45) is 5.92 Å². The maximum atomic E-state index is 5.81. The van der Waals surface area contributed by atoms with Gasteiger partial charge in [-0.25, -0.2) is 0 Å². The number of methoxy groups -OCH3 is 1. The predicted molar refractivity (Wildman–Crippen MR) is 85.3 cm³/mol. The number of ether oxygens (including phenoxy) is 3. The van der Waals surface area contributed by atoms with Crippen LogP contribution in [0.3, 0.4) is 0 Å². The molecule has 1 N–H and O–H groups in total. The highest BCUT2D eigenvalue weighted by atomic mass is 79.9. The molecule has 1 fully saturated rings. The van der Waals surface area contributed by atoms with E-state index in [0.29, 0.717) is 5.92 Å². The molecule has 116 valence electrons. The third-order valence-electron chi connectivity index (χ3n) is 4.06. The van der Waals surface area contributed by atoms with Crippen LogP contribution in [0.5, 0.6) is 11.5 Å². The summed E-state index contributed by atoms with van der Waals surface area (Å²) in [5.41, 5.74) is 1.35. The molecular formula is C16H22BrNO3. The summed E-state index contributed by atoms with van der Waals surface area (Å²) in [7, 11) is 1.73. The van der Waals surface area contributed by atoms with Crippen LogP contribution < -0.4 is 14.8 Å². The zero-order valence-corrected chi connectivity index (χ0v) is 13.9. The minimum Gasteiger partial charge on any atom is -0.490 e.